The number of aryl methyl sites for hydroxylation is 1. The van der Waals surface area contributed by atoms with Crippen molar-refractivity contribution in [3.05, 3.63) is 82.8 Å². The second kappa shape index (κ2) is 6.54. The maximum absolute atomic E-state index is 14.5. The Morgan fingerprint density at radius 1 is 1.15 bits per heavy atom. The van der Waals surface area contributed by atoms with Gasteiger partial charge in [-0.3, -0.25) is 9.20 Å². The summed E-state index contributed by atoms with van der Waals surface area (Å²) in [6.45, 7) is 2.45. The third-order valence-electron chi connectivity index (χ3n) is 4.59. The minimum absolute atomic E-state index is 0.177. The number of nitrogens with zero attached hydrogens (tertiary/aromatic N) is 4. The van der Waals surface area contributed by atoms with Crippen LogP contribution in [0.15, 0.2) is 65.8 Å². The van der Waals surface area contributed by atoms with Gasteiger partial charge in [0.05, 0.1) is 23.5 Å². The van der Waals surface area contributed by atoms with E-state index in [0.29, 0.717) is 40.1 Å². The van der Waals surface area contributed by atoms with E-state index in [2.05, 4.69) is 11.1 Å². The number of aromatic nitrogens is 3. The van der Waals surface area contributed by atoms with Crippen LogP contribution in [0.4, 0.5) is 4.39 Å². The van der Waals surface area contributed by atoms with E-state index in [1.165, 1.54) is 6.07 Å². The van der Waals surface area contributed by atoms with Crippen molar-refractivity contribution in [1.29, 1.82) is 5.26 Å². The third-order valence-corrected chi connectivity index (χ3v) is 4.59. The van der Waals surface area contributed by atoms with Gasteiger partial charge in [-0.1, -0.05) is 18.2 Å². The minimum Gasteiger partial charge on any atom is -0.311 e. The van der Waals surface area contributed by atoms with Gasteiger partial charge in [0.15, 0.2) is 0 Å². The standard InChI is InChI=1S/C21H15FN4O/c1-2-25-9-10-26-19(13-24-20(26)21(25)27)14-7-8-18(22)17(11-14)16-6-4-3-5-15(16)12-23/h3-11,13H,2H2,1H3. The molecule has 0 aliphatic carbocycles. The molecule has 0 atom stereocenters. The van der Waals surface area contributed by atoms with Crippen LogP contribution < -0.4 is 5.56 Å². The first kappa shape index (κ1) is 16.7. The number of halogens is 1. The first-order valence-corrected chi connectivity index (χ1v) is 8.50. The molecule has 0 unspecified atom stereocenters. The normalized spacial score (nSPS) is 10.9. The molecule has 4 rings (SSSR count). The molecule has 0 aliphatic heterocycles. The number of fused-ring (bicyclic) bond motifs is 1. The van der Waals surface area contributed by atoms with Gasteiger partial charge in [0.2, 0.25) is 5.65 Å². The lowest BCUT2D eigenvalue weighted by Crippen LogP contribution is -2.20. The molecule has 0 bridgehead atoms. The summed E-state index contributed by atoms with van der Waals surface area (Å²) >= 11 is 0. The van der Waals surface area contributed by atoms with Gasteiger partial charge in [0.1, 0.15) is 5.82 Å². The summed E-state index contributed by atoms with van der Waals surface area (Å²) in [6.07, 6.45) is 5.08. The fraction of sp³-hybridized carbons (Fsp3) is 0.0952. The molecule has 4 aromatic rings. The summed E-state index contributed by atoms with van der Waals surface area (Å²) < 4.78 is 17.8. The maximum atomic E-state index is 14.5. The molecule has 0 radical (unpaired) electrons. The predicted molar refractivity (Wildman–Crippen MR) is 101 cm³/mol. The van der Waals surface area contributed by atoms with Gasteiger partial charge in [-0.05, 0) is 31.2 Å². The molecule has 0 amide bonds. The van der Waals surface area contributed by atoms with Crippen LogP contribution in [0.3, 0.4) is 0 Å². The van der Waals surface area contributed by atoms with E-state index in [1.54, 1.807) is 64.0 Å². The van der Waals surface area contributed by atoms with Gasteiger partial charge in [0.25, 0.3) is 5.56 Å². The molecule has 2 heterocycles. The molecule has 6 heteroatoms. The fourth-order valence-corrected chi connectivity index (χ4v) is 3.18. The van der Waals surface area contributed by atoms with Crippen molar-refractivity contribution >= 4 is 5.65 Å². The van der Waals surface area contributed by atoms with Crippen LogP contribution in [0.2, 0.25) is 0 Å². The molecule has 132 valence electrons. The van der Waals surface area contributed by atoms with Crippen LogP contribution in [-0.2, 0) is 6.54 Å². The van der Waals surface area contributed by atoms with Crippen LogP contribution in [-0.4, -0.2) is 14.0 Å². The van der Waals surface area contributed by atoms with Gasteiger partial charge >= 0.3 is 0 Å². The molecule has 0 fully saturated rings. The Morgan fingerprint density at radius 2 is 1.96 bits per heavy atom. The summed E-state index contributed by atoms with van der Waals surface area (Å²) in [4.78, 5) is 16.7. The quantitative estimate of drug-likeness (QED) is 0.559. The van der Waals surface area contributed by atoms with Crippen LogP contribution in [0, 0.1) is 17.1 Å². The summed E-state index contributed by atoms with van der Waals surface area (Å²) in [5.74, 6) is -0.413. The summed E-state index contributed by atoms with van der Waals surface area (Å²) in [5.41, 5.74) is 2.79. The molecular weight excluding hydrogens is 343 g/mol. The molecule has 2 aromatic heterocycles. The minimum atomic E-state index is -0.413. The van der Waals surface area contributed by atoms with E-state index in [-0.39, 0.29) is 5.56 Å². The Morgan fingerprint density at radius 3 is 2.74 bits per heavy atom. The van der Waals surface area contributed by atoms with Crippen molar-refractivity contribution in [3.8, 4) is 28.5 Å². The van der Waals surface area contributed by atoms with Crippen LogP contribution >= 0.6 is 0 Å². The van der Waals surface area contributed by atoms with Crippen LogP contribution in [0.25, 0.3) is 28.0 Å². The Labute approximate surface area is 154 Å². The lowest BCUT2D eigenvalue weighted by Gasteiger charge is -2.09. The second-order valence-electron chi connectivity index (χ2n) is 6.08. The van der Waals surface area contributed by atoms with Gasteiger partial charge in [-0.25, -0.2) is 9.37 Å². The number of hydrogen-bond donors (Lipinski definition) is 0. The molecule has 27 heavy (non-hydrogen) atoms. The Hall–Kier alpha value is -3.72. The van der Waals surface area contributed by atoms with Crippen LogP contribution in [0.1, 0.15) is 12.5 Å². The van der Waals surface area contributed by atoms with E-state index in [1.807, 2.05) is 6.92 Å². The van der Waals surface area contributed by atoms with Gasteiger partial charge in [-0.15, -0.1) is 0 Å². The molecule has 2 aromatic carbocycles. The maximum Gasteiger partial charge on any atom is 0.294 e. The highest BCUT2D eigenvalue weighted by Crippen LogP contribution is 2.30. The van der Waals surface area contributed by atoms with Crippen molar-refractivity contribution < 1.29 is 4.39 Å². The van der Waals surface area contributed by atoms with E-state index >= 15 is 0 Å². The van der Waals surface area contributed by atoms with Crippen LogP contribution in [0.5, 0.6) is 0 Å². The van der Waals surface area contributed by atoms with E-state index in [0.717, 1.165) is 0 Å². The smallest absolute Gasteiger partial charge is 0.294 e. The average Bonchev–Trinajstić information content (AvgIpc) is 3.14. The van der Waals surface area contributed by atoms with Gasteiger partial charge in [-0.2, -0.15) is 5.26 Å². The van der Waals surface area contributed by atoms with Crippen molar-refractivity contribution in [2.75, 3.05) is 0 Å². The van der Waals surface area contributed by atoms with E-state index in [4.69, 9.17) is 0 Å². The summed E-state index contributed by atoms with van der Waals surface area (Å²) in [6, 6.07) is 13.7. The zero-order valence-electron chi connectivity index (χ0n) is 14.6. The van der Waals surface area contributed by atoms with Crippen molar-refractivity contribution in [1.82, 2.24) is 14.0 Å². The first-order chi connectivity index (χ1) is 13.1. The molecule has 0 N–H and O–H groups in total. The first-order valence-electron chi connectivity index (χ1n) is 8.50. The molecule has 0 saturated heterocycles. The van der Waals surface area contributed by atoms with Crippen molar-refractivity contribution in [3.63, 3.8) is 0 Å². The fourth-order valence-electron chi connectivity index (χ4n) is 3.18. The van der Waals surface area contributed by atoms with Crippen molar-refractivity contribution in [2.45, 2.75) is 13.5 Å². The Kier molecular flexibility index (Phi) is 4.05. The number of hydrogen-bond acceptors (Lipinski definition) is 3. The Bertz CT molecular complexity index is 1260. The van der Waals surface area contributed by atoms with Gasteiger partial charge in [0, 0.05) is 35.6 Å². The van der Waals surface area contributed by atoms with E-state index in [9.17, 15) is 14.4 Å². The van der Waals surface area contributed by atoms with Gasteiger partial charge < -0.3 is 4.57 Å². The molecule has 0 aliphatic rings. The molecule has 0 saturated carbocycles. The molecule has 0 spiro atoms. The van der Waals surface area contributed by atoms with Crippen molar-refractivity contribution in [2.24, 2.45) is 0 Å². The highest BCUT2D eigenvalue weighted by molar-refractivity contribution is 5.76. The predicted octanol–water partition coefficient (Wildman–Crippen LogP) is 3.86. The lowest BCUT2D eigenvalue weighted by molar-refractivity contribution is 0.631. The number of nitriles is 1. The summed E-state index contributed by atoms with van der Waals surface area (Å²) in [7, 11) is 0. The van der Waals surface area contributed by atoms with E-state index < -0.39 is 5.82 Å². The highest BCUT2D eigenvalue weighted by atomic mass is 19.1. The monoisotopic (exact) mass is 358 g/mol. The third kappa shape index (κ3) is 2.70. The Balaban J connectivity index is 1.92. The second-order valence-corrected chi connectivity index (χ2v) is 6.08. The highest BCUT2D eigenvalue weighted by Gasteiger charge is 2.14. The lowest BCUT2D eigenvalue weighted by atomic mass is 9.97. The largest absolute Gasteiger partial charge is 0.311 e. The topological polar surface area (TPSA) is 63.1 Å². The zero-order chi connectivity index (χ0) is 19.0. The zero-order valence-corrected chi connectivity index (χ0v) is 14.6. The number of benzene rings is 2. The average molecular weight is 358 g/mol. The number of imidazole rings is 1. The molecular formula is C21H15FN4O. The SMILES string of the molecule is CCn1ccn2c(-c3ccc(F)c(-c4ccccc4C#N)c3)cnc2c1=O. The number of rotatable bonds is 3. The molecule has 5 nitrogen and oxygen atoms in total. The summed E-state index contributed by atoms with van der Waals surface area (Å²) in [5, 5.41) is 9.32.